The van der Waals surface area contributed by atoms with Crippen LogP contribution in [-0.2, 0) is 7.05 Å². The van der Waals surface area contributed by atoms with E-state index < -0.39 is 0 Å². The second kappa shape index (κ2) is 3.18. The molecule has 80 valence electrons. The van der Waals surface area contributed by atoms with E-state index in [0.29, 0.717) is 9.86 Å². The Morgan fingerprint density at radius 2 is 2.25 bits per heavy atom. The zero-order valence-corrected chi connectivity index (χ0v) is 10.1. The first kappa shape index (κ1) is 9.59. The van der Waals surface area contributed by atoms with Crippen molar-refractivity contribution in [1.29, 1.82) is 0 Å². The van der Waals surface area contributed by atoms with Crippen molar-refractivity contribution in [3.63, 3.8) is 0 Å². The highest BCUT2D eigenvalue weighted by molar-refractivity contribution is 9.10. The van der Waals surface area contributed by atoms with Crippen LogP contribution in [0.2, 0.25) is 0 Å². The number of aromatic nitrogens is 3. The van der Waals surface area contributed by atoms with Crippen molar-refractivity contribution >= 4 is 37.9 Å². The molecule has 0 saturated carbocycles. The zero-order valence-electron chi connectivity index (χ0n) is 8.49. The van der Waals surface area contributed by atoms with Gasteiger partial charge in [-0.1, -0.05) is 0 Å². The molecule has 0 saturated heterocycles. The second-order valence-electron chi connectivity index (χ2n) is 3.68. The molecule has 0 spiro atoms. The number of H-pyrrole nitrogens is 1. The van der Waals surface area contributed by atoms with E-state index in [2.05, 4.69) is 25.9 Å². The topological polar surface area (TPSA) is 50.7 Å². The van der Waals surface area contributed by atoms with Crippen LogP contribution in [0.15, 0.2) is 33.9 Å². The molecule has 3 rings (SSSR count). The number of pyridine rings is 1. The zero-order chi connectivity index (χ0) is 11.3. The van der Waals surface area contributed by atoms with Gasteiger partial charge in [-0.3, -0.25) is 4.79 Å². The van der Waals surface area contributed by atoms with Gasteiger partial charge in [-0.2, -0.15) is 0 Å². The fourth-order valence-electron chi connectivity index (χ4n) is 1.88. The maximum Gasteiger partial charge on any atom is 0.205 e. The molecule has 2 aromatic heterocycles. The molecule has 2 heterocycles. The summed E-state index contributed by atoms with van der Waals surface area (Å²) in [5, 5.41) is 0.632. The SMILES string of the molecule is Cn1cnc2c3c(=O)c(Br)c[nH]c3ccc21. The quantitative estimate of drug-likeness (QED) is 0.685. The van der Waals surface area contributed by atoms with Crippen LogP contribution < -0.4 is 5.43 Å². The lowest BCUT2D eigenvalue weighted by Crippen LogP contribution is -2.04. The average Bonchev–Trinajstić information content (AvgIpc) is 2.65. The average molecular weight is 278 g/mol. The van der Waals surface area contributed by atoms with Gasteiger partial charge in [0.1, 0.15) is 5.52 Å². The number of benzene rings is 1. The van der Waals surface area contributed by atoms with Crippen LogP contribution in [-0.4, -0.2) is 14.5 Å². The molecular formula is C11H8BrN3O. The smallest absolute Gasteiger partial charge is 0.205 e. The Kier molecular flexibility index (Phi) is 1.91. The number of rotatable bonds is 0. The van der Waals surface area contributed by atoms with Crippen LogP contribution in [0.25, 0.3) is 21.9 Å². The highest BCUT2D eigenvalue weighted by atomic mass is 79.9. The summed E-state index contributed by atoms with van der Waals surface area (Å²) in [4.78, 5) is 19.4. The van der Waals surface area contributed by atoms with Gasteiger partial charge in [-0.25, -0.2) is 4.98 Å². The number of aryl methyl sites for hydroxylation is 1. The third-order valence-electron chi connectivity index (χ3n) is 2.70. The van der Waals surface area contributed by atoms with Gasteiger partial charge in [-0.05, 0) is 28.1 Å². The summed E-state index contributed by atoms with van der Waals surface area (Å²) in [5.41, 5.74) is 2.47. The van der Waals surface area contributed by atoms with Crippen LogP contribution >= 0.6 is 15.9 Å². The lowest BCUT2D eigenvalue weighted by molar-refractivity contribution is 0.948. The minimum absolute atomic E-state index is 0.0296. The Labute approximate surface area is 99.0 Å². The van der Waals surface area contributed by atoms with Gasteiger partial charge < -0.3 is 9.55 Å². The van der Waals surface area contributed by atoms with Gasteiger partial charge in [0, 0.05) is 13.2 Å². The first-order valence-corrected chi connectivity index (χ1v) is 5.58. The minimum atomic E-state index is -0.0296. The summed E-state index contributed by atoms with van der Waals surface area (Å²) in [6, 6.07) is 3.85. The molecule has 0 fully saturated rings. The second-order valence-corrected chi connectivity index (χ2v) is 4.53. The monoisotopic (exact) mass is 277 g/mol. The van der Waals surface area contributed by atoms with Crippen LogP contribution in [0.4, 0.5) is 0 Å². The molecule has 0 unspecified atom stereocenters. The van der Waals surface area contributed by atoms with Gasteiger partial charge in [0.2, 0.25) is 5.43 Å². The Bertz CT molecular complexity index is 757. The number of aromatic amines is 1. The van der Waals surface area contributed by atoms with E-state index in [9.17, 15) is 4.79 Å². The van der Waals surface area contributed by atoms with E-state index in [1.807, 2.05) is 23.7 Å². The summed E-state index contributed by atoms with van der Waals surface area (Å²) in [6.45, 7) is 0. The minimum Gasteiger partial charge on any atom is -0.360 e. The molecule has 0 atom stereocenters. The molecule has 0 amide bonds. The van der Waals surface area contributed by atoms with E-state index in [4.69, 9.17) is 0 Å². The number of fused-ring (bicyclic) bond motifs is 3. The first-order chi connectivity index (χ1) is 7.68. The van der Waals surface area contributed by atoms with Crippen LogP contribution in [0.1, 0.15) is 0 Å². The highest BCUT2D eigenvalue weighted by Gasteiger charge is 2.09. The maximum atomic E-state index is 12.0. The van der Waals surface area contributed by atoms with E-state index in [1.165, 1.54) is 0 Å². The summed E-state index contributed by atoms with van der Waals surface area (Å²) in [7, 11) is 1.91. The van der Waals surface area contributed by atoms with Crippen molar-refractivity contribution in [1.82, 2.24) is 14.5 Å². The molecular weight excluding hydrogens is 270 g/mol. The molecule has 0 bridgehead atoms. The van der Waals surface area contributed by atoms with Gasteiger partial charge >= 0.3 is 0 Å². The predicted octanol–water partition coefficient (Wildman–Crippen LogP) is 2.18. The molecule has 16 heavy (non-hydrogen) atoms. The van der Waals surface area contributed by atoms with Gasteiger partial charge in [0.25, 0.3) is 0 Å². The van der Waals surface area contributed by atoms with Gasteiger partial charge in [0.15, 0.2) is 0 Å². The molecule has 3 aromatic rings. The van der Waals surface area contributed by atoms with Crippen LogP contribution in [0.3, 0.4) is 0 Å². The van der Waals surface area contributed by atoms with E-state index in [-0.39, 0.29) is 5.43 Å². The molecule has 0 aliphatic heterocycles. The third-order valence-corrected chi connectivity index (χ3v) is 3.28. The molecule has 1 N–H and O–H groups in total. The molecule has 1 aromatic carbocycles. The van der Waals surface area contributed by atoms with Crippen molar-refractivity contribution in [2.75, 3.05) is 0 Å². The van der Waals surface area contributed by atoms with Crippen molar-refractivity contribution < 1.29 is 0 Å². The standard InChI is InChI=1S/C11H8BrN3O/c1-15-5-14-10-8(15)3-2-7-9(10)11(16)6(12)4-13-7/h2-5H,1H3,(H,13,16). The summed E-state index contributed by atoms with van der Waals surface area (Å²) in [6.07, 6.45) is 3.36. The first-order valence-electron chi connectivity index (χ1n) is 4.79. The predicted molar refractivity (Wildman–Crippen MR) is 66.5 cm³/mol. The number of nitrogens with one attached hydrogen (secondary N) is 1. The largest absolute Gasteiger partial charge is 0.360 e. The summed E-state index contributed by atoms with van der Waals surface area (Å²) >= 11 is 3.23. The Morgan fingerprint density at radius 1 is 1.44 bits per heavy atom. The van der Waals surface area contributed by atoms with E-state index in [1.54, 1.807) is 12.5 Å². The lowest BCUT2D eigenvalue weighted by Gasteiger charge is -2.00. The number of imidazole rings is 1. The fourth-order valence-corrected chi connectivity index (χ4v) is 2.19. The van der Waals surface area contributed by atoms with Gasteiger partial charge in [0.05, 0.1) is 27.2 Å². The van der Waals surface area contributed by atoms with Crippen molar-refractivity contribution in [2.24, 2.45) is 7.05 Å². The maximum absolute atomic E-state index is 12.0. The number of hydrogen-bond acceptors (Lipinski definition) is 2. The molecule has 5 heteroatoms. The summed E-state index contributed by atoms with van der Waals surface area (Å²) < 4.78 is 2.42. The normalized spacial score (nSPS) is 11.4. The Morgan fingerprint density at radius 3 is 3.06 bits per heavy atom. The highest BCUT2D eigenvalue weighted by Crippen LogP contribution is 2.20. The lowest BCUT2D eigenvalue weighted by atomic mass is 10.2. The molecule has 4 nitrogen and oxygen atoms in total. The Balaban J connectivity index is 2.68. The number of halogens is 1. The third kappa shape index (κ3) is 1.15. The molecule has 0 aliphatic carbocycles. The van der Waals surface area contributed by atoms with Crippen LogP contribution in [0.5, 0.6) is 0 Å². The Hall–Kier alpha value is -1.62. The van der Waals surface area contributed by atoms with E-state index in [0.717, 1.165) is 16.6 Å². The number of nitrogens with zero attached hydrogens (tertiary/aromatic N) is 2. The molecule has 0 radical (unpaired) electrons. The fraction of sp³-hybridized carbons (Fsp3) is 0.0909. The van der Waals surface area contributed by atoms with Crippen LogP contribution in [0, 0.1) is 0 Å². The number of hydrogen-bond donors (Lipinski definition) is 1. The van der Waals surface area contributed by atoms with Crippen molar-refractivity contribution in [2.45, 2.75) is 0 Å². The molecule has 0 aliphatic rings. The van der Waals surface area contributed by atoms with Gasteiger partial charge in [-0.15, -0.1) is 0 Å². The summed E-state index contributed by atoms with van der Waals surface area (Å²) in [5.74, 6) is 0. The van der Waals surface area contributed by atoms with Crippen molar-refractivity contribution in [3.8, 4) is 0 Å². The van der Waals surface area contributed by atoms with E-state index >= 15 is 0 Å². The van der Waals surface area contributed by atoms with Crippen molar-refractivity contribution in [3.05, 3.63) is 39.4 Å².